The lowest BCUT2D eigenvalue weighted by Gasteiger charge is -2.26. The zero-order valence-corrected chi connectivity index (χ0v) is 19.7. The van der Waals surface area contributed by atoms with Crippen molar-refractivity contribution < 1.29 is 30.7 Å². The molecule has 2 aromatic carbocycles. The minimum Gasteiger partial charge on any atom is -0.462 e. The summed E-state index contributed by atoms with van der Waals surface area (Å²) in [4.78, 5) is 1.47. The average molecular weight is 520 g/mol. The normalized spacial score (nSPS) is 15.1. The van der Waals surface area contributed by atoms with Crippen molar-refractivity contribution in [2.75, 3.05) is 49.4 Å². The standard InChI is InChI=1S/C22H24F3N3O4S.ClH/c23-22(24,25)18-4-1-2-5-20(18)33(29,30)27-17-14-16-6-11-32-21(16)19(15-17)26-7-3-8-28-9-12-31-13-10-28;/h1-2,4-6,11,14-15,26-27H,3,7-10,12-13H2;1H. The summed E-state index contributed by atoms with van der Waals surface area (Å²) in [6.45, 7) is 4.72. The van der Waals surface area contributed by atoms with E-state index in [4.69, 9.17) is 9.15 Å². The first-order valence-corrected chi connectivity index (χ1v) is 12.0. The van der Waals surface area contributed by atoms with Crippen molar-refractivity contribution in [3.63, 3.8) is 0 Å². The quantitative estimate of drug-likeness (QED) is 0.416. The van der Waals surface area contributed by atoms with E-state index in [0.29, 0.717) is 23.2 Å². The van der Waals surface area contributed by atoms with Gasteiger partial charge in [-0.1, -0.05) is 12.1 Å². The fourth-order valence-electron chi connectivity index (χ4n) is 3.77. The SMILES string of the molecule is Cl.O=S(=O)(Nc1cc(NCCCN2CCOCC2)c2occc2c1)c1ccccc1C(F)(F)F. The molecule has 1 saturated heterocycles. The van der Waals surface area contributed by atoms with Crippen LogP contribution in [-0.2, 0) is 20.9 Å². The van der Waals surface area contributed by atoms with E-state index in [9.17, 15) is 21.6 Å². The Labute approximate surface area is 201 Å². The predicted molar refractivity (Wildman–Crippen MR) is 126 cm³/mol. The van der Waals surface area contributed by atoms with E-state index in [-0.39, 0.29) is 18.1 Å². The third kappa shape index (κ3) is 6.15. The first-order chi connectivity index (χ1) is 15.7. The molecule has 1 aliphatic rings. The highest BCUT2D eigenvalue weighted by Gasteiger charge is 2.37. The number of hydrogen-bond acceptors (Lipinski definition) is 6. The van der Waals surface area contributed by atoms with Crippen LogP contribution >= 0.6 is 12.4 Å². The Morgan fingerprint density at radius 3 is 2.53 bits per heavy atom. The second-order valence-electron chi connectivity index (χ2n) is 7.70. The minimum atomic E-state index is -4.80. The van der Waals surface area contributed by atoms with Crippen molar-refractivity contribution in [3.05, 3.63) is 54.3 Å². The molecule has 1 fully saturated rings. The second-order valence-corrected chi connectivity index (χ2v) is 9.35. The maximum atomic E-state index is 13.3. The summed E-state index contributed by atoms with van der Waals surface area (Å²) < 4.78 is 78.8. The largest absolute Gasteiger partial charge is 0.462 e. The molecule has 4 rings (SSSR count). The van der Waals surface area contributed by atoms with E-state index in [0.717, 1.165) is 57.5 Å². The number of rotatable bonds is 8. The number of sulfonamides is 1. The molecule has 7 nitrogen and oxygen atoms in total. The lowest BCUT2D eigenvalue weighted by atomic mass is 10.2. The molecule has 0 aliphatic carbocycles. The van der Waals surface area contributed by atoms with E-state index >= 15 is 0 Å². The van der Waals surface area contributed by atoms with E-state index < -0.39 is 26.7 Å². The Hall–Kier alpha value is -2.47. The van der Waals surface area contributed by atoms with Crippen molar-refractivity contribution in [2.45, 2.75) is 17.5 Å². The van der Waals surface area contributed by atoms with Crippen LogP contribution in [0.5, 0.6) is 0 Å². The van der Waals surface area contributed by atoms with Gasteiger partial charge in [0.25, 0.3) is 10.0 Å². The fraction of sp³-hybridized carbons (Fsp3) is 0.364. The lowest BCUT2D eigenvalue weighted by molar-refractivity contribution is -0.139. The molecule has 0 radical (unpaired) electrons. The number of fused-ring (bicyclic) bond motifs is 1. The van der Waals surface area contributed by atoms with Crippen LogP contribution in [0, 0.1) is 0 Å². The first kappa shape index (κ1) is 26.1. The second kappa shape index (κ2) is 10.9. The Morgan fingerprint density at radius 1 is 1.06 bits per heavy atom. The summed E-state index contributed by atoms with van der Waals surface area (Å²) in [5.41, 5.74) is 0.0150. The van der Waals surface area contributed by atoms with E-state index in [2.05, 4.69) is 14.9 Å². The van der Waals surface area contributed by atoms with Crippen LogP contribution in [0.4, 0.5) is 24.5 Å². The van der Waals surface area contributed by atoms with Gasteiger partial charge in [-0.05, 0) is 43.3 Å². The van der Waals surface area contributed by atoms with Crippen LogP contribution in [0.25, 0.3) is 11.0 Å². The molecule has 0 saturated carbocycles. The number of alkyl halides is 3. The molecular formula is C22H25ClF3N3O4S. The number of nitrogens with one attached hydrogen (secondary N) is 2. The monoisotopic (exact) mass is 519 g/mol. The Kier molecular flexibility index (Phi) is 8.34. The van der Waals surface area contributed by atoms with E-state index in [1.165, 1.54) is 24.5 Å². The van der Waals surface area contributed by atoms with Gasteiger partial charge in [-0.2, -0.15) is 13.2 Å². The van der Waals surface area contributed by atoms with Gasteiger partial charge in [-0.25, -0.2) is 8.42 Å². The molecule has 12 heteroatoms. The molecule has 0 bridgehead atoms. The van der Waals surface area contributed by atoms with Gasteiger partial charge in [-0.15, -0.1) is 12.4 Å². The molecule has 186 valence electrons. The molecule has 0 unspecified atom stereocenters. The molecule has 0 spiro atoms. The topological polar surface area (TPSA) is 83.8 Å². The van der Waals surface area contributed by atoms with Crippen molar-refractivity contribution >= 4 is 44.8 Å². The molecule has 2 N–H and O–H groups in total. The van der Waals surface area contributed by atoms with Crippen molar-refractivity contribution in [3.8, 4) is 0 Å². The van der Waals surface area contributed by atoms with Gasteiger partial charge in [0.2, 0.25) is 0 Å². The number of nitrogens with zero attached hydrogens (tertiary/aromatic N) is 1. The lowest BCUT2D eigenvalue weighted by Crippen LogP contribution is -2.37. The maximum Gasteiger partial charge on any atom is 0.417 e. The van der Waals surface area contributed by atoms with Crippen molar-refractivity contribution in [2.24, 2.45) is 0 Å². The fourth-order valence-corrected chi connectivity index (χ4v) is 5.04. The number of ether oxygens (including phenoxy) is 1. The third-order valence-electron chi connectivity index (χ3n) is 5.36. The van der Waals surface area contributed by atoms with Crippen LogP contribution in [0.1, 0.15) is 12.0 Å². The van der Waals surface area contributed by atoms with Gasteiger partial charge >= 0.3 is 6.18 Å². The molecule has 0 atom stereocenters. The number of morpholine rings is 1. The van der Waals surface area contributed by atoms with Gasteiger partial charge in [0.05, 0.1) is 41.3 Å². The highest BCUT2D eigenvalue weighted by molar-refractivity contribution is 7.92. The summed E-state index contributed by atoms with van der Waals surface area (Å²) in [5.74, 6) is 0. The summed E-state index contributed by atoms with van der Waals surface area (Å²) in [6, 6.07) is 8.79. The first-order valence-electron chi connectivity index (χ1n) is 10.5. The Morgan fingerprint density at radius 2 is 1.79 bits per heavy atom. The van der Waals surface area contributed by atoms with Gasteiger partial charge in [0, 0.05) is 25.0 Å². The van der Waals surface area contributed by atoms with Crippen LogP contribution in [0.3, 0.4) is 0 Å². The van der Waals surface area contributed by atoms with Crippen molar-refractivity contribution in [1.29, 1.82) is 0 Å². The highest BCUT2D eigenvalue weighted by atomic mass is 35.5. The number of furan rings is 1. The molecular weight excluding hydrogens is 495 g/mol. The molecule has 0 amide bonds. The van der Waals surface area contributed by atoms with E-state index in [1.54, 1.807) is 6.07 Å². The van der Waals surface area contributed by atoms with Gasteiger partial charge in [0.15, 0.2) is 5.58 Å². The van der Waals surface area contributed by atoms with Crippen LogP contribution in [0.15, 0.2) is 58.0 Å². The Balaban J connectivity index is 0.00000324. The van der Waals surface area contributed by atoms with Crippen molar-refractivity contribution in [1.82, 2.24) is 4.90 Å². The van der Waals surface area contributed by atoms with Gasteiger partial charge in [0.1, 0.15) is 0 Å². The number of hydrogen-bond donors (Lipinski definition) is 2. The van der Waals surface area contributed by atoms with Crippen LogP contribution < -0.4 is 10.0 Å². The number of halogens is 4. The molecule has 1 aromatic heterocycles. The summed E-state index contributed by atoms with van der Waals surface area (Å²) in [5, 5.41) is 3.87. The predicted octanol–water partition coefficient (Wildman–Crippen LogP) is 4.81. The number of anilines is 2. The smallest absolute Gasteiger partial charge is 0.417 e. The zero-order valence-electron chi connectivity index (χ0n) is 18.1. The van der Waals surface area contributed by atoms with Crippen LogP contribution in [-0.4, -0.2) is 52.7 Å². The maximum absolute atomic E-state index is 13.3. The Bertz CT molecular complexity index is 1210. The van der Waals surface area contributed by atoms with E-state index in [1.807, 2.05) is 0 Å². The minimum absolute atomic E-state index is 0. The summed E-state index contributed by atoms with van der Waals surface area (Å²) in [7, 11) is -4.48. The molecule has 2 heterocycles. The van der Waals surface area contributed by atoms with Crippen LogP contribution in [0.2, 0.25) is 0 Å². The molecule has 34 heavy (non-hydrogen) atoms. The summed E-state index contributed by atoms with van der Waals surface area (Å²) in [6.07, 6.45) is -2.48. The zero-order chi connectivity index (χ0) is 23.5. The molecule has 1 aliphatic heterocycles. The highest BCUT2D eigenvalue weighted by Crippen LogP contribution is 2.35. The third-order valence-corrected chi connectivity index (χ3v) is 6.80. The summed E-state index contributed by atoms with van der Waals surface area (Å²) >= 11 is 0. The number of benzene rings is 2. The van der Waals surface area contributed by atoms with Gasteiger partial charge < -0.3 is 14.5 Å². The van der Waals surface area contributed by atoms with Gasteiger partial charge in [-0.3, -0.25) is 9.62 Å². The average Bonchev–Trinajstić information content (AvgIpc) is 3.25. The molecule has 3 aromatic rings.